The van der Waals surface area contributed by atoms with Crippen molar-refractivity contribution in [3.8, 4) is 0 Å². The van der Waals surface area contributed by atoms with Crippen molar-refractivity contribution in [1.29, 1.82) is 0 Å². The molecule has 0 spiro atoms. The van der Waals surface area contributed by atoms with Crippen molar-refractivity contribution in [2.24, 2.45) is 0 Å². The average molecular weight is 838 g/mol. The molecule has 0 aliphatic heterocycles. The Morgan fingerprint density at radius 3 is 0.746 bits per heavy atom. The van der Waals surface area contributed by atoms with E-state index in [-0.39, 0.29) is 12.6 Å². The zero-order valence-electron chi connectivity index (χ0n) is 41.5. The molecule has 5 nitrogen and oxygen atoms in total. The van der Waals surface area contributed by atoms with E-state index >= 15 is 0 Å². The molecule has 59 heavy (non-hydrogen) atoms. The van der Waals surface area contributed by atoms with Crippen LogP contribution in [0.2, 0.25) is 0 Å². The molecule has 0 bridgehead atoms. The van der Waals surface area contributed by atoms with E-state index in [1.165, 1.54) is 264 Å². The van der Waals surface area contributed by atoms with Crippen LogP contribution in [0, 0.1) is 0 Å². The fourth-order valence-electron chi connectivity index (χ4n) is 8.24. The fourth-order valence-corrected chi connectivity index (χ4v) is 8.24. The van der Waals surface area contributed by atoms with Crippen LogP contribution in [0.4, 0.5) is 0 Å². The number of unbranched alkanes of at least 4 members (excludes halogenated alkanes) is 31. The minimum atomic E-state index is 0.0130. The molecule has 0 aliphatic rings. The maximum atomic E-state index is 6.29. The van der Waals surface area contributed by atoms with Gasteiger partial charge in [0.15, 0.2) is 12.6 Å². The molecular formula is C54H111NO4. The Hall–Kier alpha value is -0.200. The number of hydrogen-bond donors (Lipinski definition) is 0. The summed E-state index contributed by atoms with van der Waals surface area (Å²) in [4.78, 5) is 2.78. The molecule has 0 aliphatic carbocycles. The van der Waals surface area contributed by atoms with Crippen LogP contribution in [-0.2, 0) is 18.9 Å². The number of hydrogen-bond acceptors (Lipinski definition) is 5. The molecule has 0 rings (SSSR count). The third-order valence-electron chi connectivity index (χ3n) is 12.4. The lowest BCUT2D eigenvalue weighted by Crippen LogP contribution is -2.27. The third kappa shape index (κ3) is 47.1. The van der Waals surface area contributed by atoms with Crippen LogP contribution in [0.15, 0.2) is 0 Å². The van der Waals surface area contributed by atoms with Crippen LogP contribution in [0.5, 0.6) is 0 Å². The number of ether oxygens (including phenoxy) is 4. The maximum absolute atomic E-state index is 6.29. The first-order valence-corrected chi connectivity index (χ1v) is 27.4. The molecule has 0 saturated carbocycles. The van der Waals surface area contributed by atoms with Crippen LogP contribution in [-0.4, -0.2) is 63.5 Å². The minimum Gasteiger partial charge on any atom is -0.353 e. The van der Waals surface area contributed by atoms with Crippen LogP contribution in [0.1, 0.15) is 291 Å². The highest BCUT2D eigenvalue weighted by Gasteiger charge is 2.11. The Kier molecular flexibility index (Phi) is 52.0. The zero-order valence-corrected chi connectivity index (χ0v) is 41.5. The molecule has 0 aromatic carbocycles. The Morgan fingerprint density at radius 1 is 0.237 bits per heavy atom. The molecule has 0 heterocycles. The Bertz CT molecular complexity index is 645. The van der Waals surface area contributed by atoms with Gasteiger partial charge in [-0.05, 0) is 90.3 Å². The highest BCUT2D eigenvalue weighted by molar-refractivity contribution is 4.61. The van der Waals surface area contributed by atoms with Gasteiger partial charge in [0.1, 0.15) is 0 Å². The molecule has 5 heteroatoms. The van der Waals surface area contributed by atoms with Gasteiger partial charge in [0, 0.05) is 26.4 Å². The smallest absolute Gasteiger partial charge is 0.157 e. The molecule has 0 atom stereocenters. The Morgan fingerprint density at radius 2 is 0.458 bits per heavy atom. The first-order chi connectivity index (χ1) is 29.2. The molecule has 0 amide bonds. The predicted octanol–water partition coefficient (Wildman–Crippen LogP) is 17.7. The van der Waals surface area contributed by atoms with Crippen molar-refractivity contribution in [2.75, 3.05) is 46.1 Å². The molecule has 356 valence electrons. The topological polar surface area (TPSA) is 40.2 Å². The van der Waals surface area contributed by atoms with Gasteiger partial charge < -0.3 is 23.8 Å². The van der Waals surface area contributed by atoms with Crippen molar-refractivity contribution in [3.05, 3.63) is 0 Å². The van der Waals surface area contributed by atoms with Gasteiger partial charge in [-0.2, -0.15) is 0 Å². The van der Waals surface area contributed by atoms with E-state index in [4.69, 9.17) is 18.9 Å². The second kappa shape index (κ2) is 52.1. The van der Waals surface area contributed by atoms with Crippen molar-refractivity contribution < 1.29 is 18.9 Å². The molecule has 0 aromatic rings. The molecule has 0 aromatic heterocycles. The van der Waals surface area contributed by atoms with Gasteiger partial charge in [0.05, 0.1) is 0 Å². The second-order valence-corrected chi connectivity index (χ2v) is 18.4. The van der Waals surface area contributed by atoms with Gasteiger partial charge in [-0.25, -0.2) is 0 Å². The first kappa shape index (κ1) is 58.8. The van der Waals surface area contributed by atoms with Crippen LogP contribution < -0.4 is 0 Å². The van der Waals surface area contributed by atoms with Crippen LogP contribution in [0.3, 0.4) is 0 Å². The monoisotopic (exact) mass is 838 g/mol. The summed E-state index contributed by atoms with van der Waals surface area (Å²) >= 11 is 0. The van der Waals surface area contributed by atoms with Gasteiger partial charge >= 0.3 is 0 Å². The van der Waals surface area contributed by atoms with E-state index in [0.29, 0.717) is 0 Å². The van der Waals surface area contributed by atoms with Crippen molar-refractivity contribution in [2.45, 2.75) is 304 Å². The standard InChI is InChI=1S/C54H111NO4/c1-6-11-16-20-32-40-49-56-53(57-50-41-33-21-17-12-7-2)44-36-28-24-26-30-38-47-55(46-15-10-5)48-39-31-27-25-29-37-45-54(58-51-42-34-22-18-13-8-3)59-52-43-35-23-19-14-9-4/h53-54H,6-52H2,1-5H3. The summed E-state index contributed by atoms with van der Waals surface area (Å²) in [6.45, 7) is 18.8. The highest BCUT2D eigenvalue weighted by atomic mass is 16.7. The largest absolute Gasteiger partial charge is 0.353 e. The summed E-state index contributed by atoms with van der Waals surface area (Å²) in [6, 6.07) is 0. The predicted molar refractivity (Wildman–Crippen MR) is 261 cm³/mol. The normalized spacial score (nSPS) is 12.0. The fraction of sp³-hybridized carbons (Fsp3) is 1.00. The zero-order chi connectivity index (χ0) is 42.8. The summed E-state index contributed by atoms with van der Waals surface area (Å²) in [7, 11) is 0. The summed E-state index contributed by atoms with van der Waals surface area (Å²) in [5, 5.41) is 0. The van der Waals surface area contributed by atoms with Gasteiger partial charge in [0.2, 0.25) is 0 Å². The maximum Gasteiger partial charge on any atom is 0.157 e. The van der Waals surface area contributed by atoms with Gasteiger partial charge in [-0.15, -0.1) is 0 Å². The van der Waals surface area contributed by atoms with Crippen molar-refractivity contribution in [3.63, 3.8) is 0 Å². The van der Waals surface area contributed by atoms with E-state index in [0.717, 1.165) is 39.3 Å². The average Bonchev–Trinajstić information content (AvgIpc) is 3.24. The number of rotatable bonds is 53. The summed E-state index contributed by atoms with van der Waals surface area (Å²) in [6.07, 6.45) is 52.4. The molecule has 0 saturated heterocycles. The SMILES string of the molecule is CCCCCCCCOC(CCCCCCCCN(CCCC)CCCCCCCCC(OCCCCCCCC)OCCCCCCCC)OCCCCCCCC. The Labute approximate surface area is 372 Å². The summed E-state index contributed by atoms with van der Waals surface area (Å²) in [5.74, 6) is 0. The summed E-state index contributed by atoms with van der Waals surface area (Å²) < 4.78 is 25.1. The molecule has 0 radical (unpaired) electrons. The van der Waals surface area contributed by atoms with E-state index in [1.54, 1.807) is 0 Å². The molecular weight excluding hydrogens is 727 g/mol. The molecule has 0 unspecified atom stereocenters. The van der Waals surface area contributed by atoms with Crippen molar-refractivity contribution in [1.82, 2.24) is 4.90 Å². The highest BCUT2D eigenvalue weighted by Crippen LogP contribution is 2.17. The molecule has 0 fully saturated rings. The van der Waals surface area contributed by atoms with E-state index in [2.05, 4.69) is 39.5 Å². The lowest BCUT2D eigenvalue weighted by molar-refractivity contribution is -0.148. The minimum absolute atomic E-state index is 0.0130. The van der Waals surface area contributed by atoms with Gasteiger partial charge in [-0.3, -0.25) is 0 Å². The first-order valence-electron chi connectivity index (χ1n) is 27.4. The second-order valence-electron chi connectivity index (χ2n) is 18.4. The summed E-state index contributed by atoms with van der Waals surface area (Å²) in [5.41, 5.74) is 0. The third-order valence-corrected chi connectivity index (χ3v) is 12.4. The number of nitrogens with zero attached hydrogens (tertiary/aromatic N) is 1. The van der Waals surface area contributed by atoms with Crippen LogP contribution in [0.25, 0.3) is 0 Å². The van der Waals surface area contributed by atoms with E-state index in [1.807, 2.05) is 0 Å². The lowest BCUT2D eigenvalue weighted by atomic mass is 10.1. The van der Waals surface area contributed by atoms with E-state index < -0.39 is 0 Å². The van der Waals surface area contributed by atoms with Crippen molar-refractivity contribution >= 4 is 0 Å². The van der Waals surface area contributed by atoms with Crippen LogP contribution >= 0.6 is 0 Å². The quantitative estimate of drug-likeness (QED) is 0.0451. The Balaban J connectivity index is 4.24. The van der Waals surface area contributed by atoms with Gasteiger partial charge in [0.25, 0.3) is 0 Å². The lowest BCUT2D eigenvalue weighted by Gasteiger charge is -2.22. The van der Waals surface area contributed by atoms with E-state index in [9.17, 15) is 0 Å². The molecule has 0 N–H and O–H groups in total. The van der Waals surface area contributed by atoms with Gasteiger partial charge in [-0.1, -0.05) is 221 Å².